The number of nitrogens with zero attached hydrogens (tertiary/aromatic N) is 1. The molecule has 2 N–H and O–H groups in total. The molecule has 90 valence electrons. The maximum Gasteiger partial charge on any atom is 0.231 e. The molecule has 0 saturated carbocycles. The van der Waals surface area contributed by atoms with Crippen molar-refractivity contribution in [3.63, 3.8) is 0 Å². The molecular weight excluding hydrogens is 222 g/mol. The molecule has 5 heteroatoms. The number of rotatable bonds is 3. The Hall–Kier alpha value is -0.940. The molecule has 0 aliphatic heterocycles. The predicted molar refractivity (Wildman–Crippen MR) is 67.7 cm³/mol. The molecule has 1 aromatic rings. The molecule has 0 bridgehead atoms. The molecule has 0 spiro atoms. The average molecular weight is 241 g/mol. The Morgan fingerprint density at radius 1 is 1.50 bits per heavy atom. The molecular formula is C11H19N3OS. The van der Waals surface area contributed by atoms with Crippen LogP contribution < -0.4 is 10.6 Å². The van der Waals surface area contributed by atoms with Crippen LogP contribution in [0.1, 0.15) is 39.4 Å². The fourth-order valence-corrected chi connectivity index (χ4v) is 1.77. The lowest BCUT2D eigenvalue weighted by Gasteiger charge is -2.16. The van der Waals surface area contributed by atoms with E-state index in [2.05, 4.69) is 15.6 Å². The van der Waals surface area contributed by atoms with Gasteiger partial charge < -0.3 is 10.6 Å². The summed E-state index contributed by atoms with van der Waals surface area (Å²) in [6.45, 7) is 7.68. The summed E-state index contributed by atoms with van der Waals surface area (Å²) in [7, 11) is 1.89. The summed E-state index contributed by atoms with van der Waals surface area (Å²) in [6.07, 6.45) is 0. The average Bonchev–Trinajstić information content (AvgIpc) is 2.63. The third-order valence-corrected chi connectivity index (χ3v) is 3.08. The van der Waals surface area contributed by atoms with Gasteiger partial charge in [-0.2, -0.15) is 0 Å². The highest BCUT2D eigenvalue weighted by Crippen LogP contribution is 2.22. The second-order valence-electron chi connectivity index (χ2n) is 4.79. The van der Waals surface area contributed by atoms with Gasteiger partial charge in [-0.3, -0.25) is 4.79 Å². The summed E-state index contributed by atoms with van der Waals surface area (Å²) in [5.41, 5.74) is 0.567. The van der Waals surface area contributed by atoms with Gasteiger partial charge in [-0.1, -0.05) is 20.8 Å². The van der Waals surface area contributed by atoms with Crippen LogP contribution in [-0.4, -0.2) is 17.9 Å². The molecule has 1 heterocycles. The van der Waals surface area contributed by atoms with E-state index in [-0.39, 0.29) is 17.4 Å². The van der Waals surface area contributed by atoms with Crippen LogP contribution in [0.25, 0.3) is 0 Å². The summed E-state index contributed by atoms with van der Waals surface area (Å²) in [4.78, 5) is 16.1. The van der Waals surface area contributed by atoms with Gasteiger partial charge in [0.15, 0.2) is 5.13 Å². The van der Waals surface area contributed by atoms with Crippen LogP contribution in [0.4, 0.5) is 5.13 Å². The van der Waals surface area contributed by atoms with E-state index in [1.165, 1.54) is 11.3 Å². The first-order valence-electron chi connectivity index (χ1n) is 5.28. The van der Waals surface area contributed by atoms with Gasteiger partial charge >= 0.3 is 0 Å². The molecule has 0 aromatic carbocycles. The quantitative estimate of drug-likeness (QED) is 0.854. The van der Waals surface area contributed by atoms with Gasteiger partial charge in [0.2, 0.25) is 5.91 Å². The predicted octanol–water partition coefficient (Wildman–Crippen LogP) is 2.41. The summed E-state index contributed by atoms with van der Waals surface area (Å²) in [5.74, 6) is -0.00879. The lowest BCUT2D eigenvalue weighted by molar-refractivity contribution is -0.123. The van der Waals surface area contributed by atoms with Crippen molar-refractivity contribution in [1.29, 1.82) is 0 Å². The van der Waals surface area contributed by atoms with Gasteiger partial charge in [0.05, 0.1) is 5.69 Å². The zero-order valence-corrected chi connectivity index (χ0v) is 11.2. The molecule has 1 rings (SSSR count). The molecule has 1 unspecified atom stereocenters. The zero-order chi connectivity index (χ0) is 12.3. The van der Waals surface area contributed by atoms with Gasteiger partial charge in [0.25, 0.3) is 0 Å². The topological polar surface area (TPSA) is 54.0 Å². The highest BCUT2D eigenvalue weighted by atomic mass is 32.1. The second kappa shape index (κ2) is 4.93. The molecule has 1 aromatic heterocycles. The Morgan fingerprint density at radius 2 is 2.12 bits per heavy atom. The van der Waals surface area contributed by atoms with Crippen LogP contribution >= 0.6 is 11.3 Å². The summed E-state index contributed by atoms with van der Waals surface area (Å²) in [6, 6.07) is 0.205. The first kappa shape index (κ1) is 13.1. The number of carbonyl (C=O) groups is 1. The Kier molecular flexibility index (Phi) is 4.04. The fourth-order valence-electron chi connectivity index (χ4n) is 0.975. The molecule has 0 aliphatic rings. The molecule has 1 atom stereocenters. The van der Waals surface area contributed by atoms with E-state index in [0.29, 0.717) is 5.13 Å². The second-order valence-corrected chi connectivity index (χ2v) is 5.65. The van der Waals surface area contributed by atoms with E-state index < -0.39 is 0 Å². The summed E-state index contributed by atoms with van der Waals surface area (Å²) >= 11 is 1.45. The maximum atomic E-state index is 11.7. The number of anilines is 1. The van der Waals surface area contributed by atoms with E-state index in [1.807, 2.05) is 40.1 Å². The Morgan fingerprint density at radius 3 is 2.62 bits per heavy atom. The molecule has 0 fully saturated rings. The van der Waals surface area contributed by atoms with Gasteiger partial charge in [0, 0.05) is 16.8 Å². The standard InChI is InChI=1S/C11H19N3OS/c1-7(12-5)8-6-16-10(13-8)14-9(15)11(2,3)4/h6-7,12H,1-5H3,(H,13,14,15). The maximum absolute atomic E-state index is 11.7. The first-order chi connectivity index (χ1) is 7.34. The van der Waals surface area contributed by atoms with Gasteiger partial charge in [-0.25, -0.2) is 4.98 Å². The third kappa shape index (κ3) is 3.28. The van der Waals surface area contributed by atoms with Crippen molar-refractivity contribution in [2.75, 3.05) is 12.4 Å². The molecule has 0 saturated heterocycles. The van der Waals surface area contributed by atoms with Crippen molar-refractivity contribution in [2.45, 2.75) is 33.7 Å². The molecule has 16 heavy (non-hydrogen) atoms. The number of hydrogen-bond donors (Lipinski definition) is 2. The summed E-state index contributed by atoms with van der Waals surface area (Å²) < 4.78 is 0. The molecule has 0 aliphatic carbocycles. The van der Waals surface area contributed by atoms with Gasteiger partial charge in [0.1, 0.15) is 0 Å². The zero-order valence-electron chi connectivity index (χ0n) is 10.4. The SMILES string of the molecule is CNC(C)c1csc(NC(=O)C(C)(C)C)n1. The highest BCUT2D eigenvalue weighted by molar-refractivity contribution is 7.13. The van der Waals surface area contributed by atoms with Crippen LogP contribution in [0.15, 0.2) is 5.38 Å². The van der Waals surface area contributed by atoms with E-state index in [1.54, 1.807) is 0 Å². The van der Waals surface area contributed by atoms with E-state index in [0.717, 1.165) is 5.69 Å². The van der Waals surface area contributed by atoms with E-state index in [9.17, 15) is 4.79 Å². The Balaban J connectivity index is 2.69. The Bertz CT molecular complexity index is 368. The van der Waals surface area contributed by atoms with Crippen LogP contribution in [0.3, 0.4) is 0 Å². The monoisotopic (exact) mass is 241 g/mol. The van der Waals surface area contributed by atoms with Crippen molar-refractivity contribution in [1.82, 2.24) is 10.3 Å². The van der Waals surface area contributed by atoms with Crippen LogP contribution in [-0.2, 0) is 4.79 Å². The lowest BCUT2D eigenvalue weighted by atomic mass is 9.96. The van der Waals surface area contributed by atoms with E-state index >= 15 is 0 Å². The number of nitrogens with one attached hydrogen (secondary N) is 2. The lowest BCUT2D eigenvalue weighted by Crippen LogP contribution is -2.27. The van der Waals surface area contributed by atoms with Crippen molar-refractivity contribution >= 4 is 22.4 Å². The van der Waals surface area contributed by atoms with Crippen LogP contribution in [0, 0.1) is 5.41 Å². The minimum Gasteiger partial charge on any atom is -0.312 e. The largest absolute Gasteiger partial charge is 0.312 e. The molecule has 1 amide bonds. The molecule has 0 radical (unpaired) electrons. The number of hydrogen-bond acceptors (Lipinski definition) is 4. The van der Waals surface area contributed by atoms with E-state index in [4.69, 9.17) is 0 Å². The number of thiazole rings is 1. The molecule has 4 nitrogen and oxygen atoms in total. The normalized spacial score (nSPS) is 13.6. The van der Waals surface area contributed by atoms with Crippen molar-refractivity contribution < 1.29 is 4.79 Å². The third-order valence-electron chi connectivity index (χ3n) is 2.30. The highest BCUT2D eigenvalue weighted by Gasteiger charge is 2.22. The first-order valence-corrected chi connectivity index (χ1v) is 6.16. The Labute approximate surface area is 100 Å². The van der Waals surface area contributed by atoms with Crippen molar-refractivity contribution in [3.8, 4) is 0 Å². The minimum absolute atomic E-state index is 0.00879. The van der Waals surface area contributed by atoms with Crippen molar-refractivity contribution in [2.24, 2.45) is 5.41 Å². The smallest absolute Gasteiger partial charge is 0.231 e. The summed E-state index contributed by atoms with van der Waals surface area (Å²) in [5, 5.41) is 8.55. The van der Waals surface area contributed by atoms with Crippen molar-refractivity contribution in [3.05, 3.63) is 11.1 Å². The number of carbonyl (C=O) groups excluding carboxylic acids is 1. The number of aromatic nitrogens is 1. The van der Waals surface area contributed by atoms with Gasteiger partial charge in [-0.05, 0) is 14.0 Å². The minimum atomic E-state index is -0.388. The van der Waals surface area contributed by atoms with Crippen LogP contribution in [0.2, 0.25) is 0 Å². The van der Waals surface area contributed by atoms with Crippen LogP contribution in [0.5, 0.6) is 0 Å². The number of amides is 1. The fraction of sp³-hybridized carbons (Fsp3) is 0.636. The van der Waals surface area contributed by atoms with Gasteiger partial charge in [-0.15, -0.1) is 11.3 Å².